The molecule has 1 atom stereocenters. The SMILES string of the molecule is O=C(CCC1CCCN(C(=O)Nc2ccc(Cl)cc2)C1)NC1CCCCC1. The standard InChI is InChI=1S/C21H30ClN3O2/c22-17-9-11-19(12-10-17)24-21(27)25-14-4-5-16(15-25)8-13-20(26)23-18-6-2-1-3-7-18/h9-12,16,18H,1-8,13-15H2,(H,23,26)(H,24,27). The molecule has 1 aromatic carbocycles. The first-order valence-electron chi connectivity index (χ1n) is 10.2. The summed E-state index contributed by atoms with van der Waals surface area (Å²) in [6.07, 6.45) is 9.47. The summed E-state index contributed by atoms with van der Waals surface area (Å²) in [4.78, 5) is 26.6. The number of hydrogen-bond acceptors (Lipinski definition) is 2. The number of halogens is 1. The highest BCUT2D eigenvalue weighted by atomic mass is 35.5. The molecular weight excluding hydrogens is 362 g/mol. The molecule has 148 valence electrons. The van der Waals surface area contributed by atoms with Crippen molar-refractivity contribution in [2.45, 2.75) is 63.8 Å². The van der Waals surface area contributed by atoms with E-state index in [-0.39, 0.29) is 11.9 Å². The molecule has 2 fully saturated rings. The van der Waals surface area contributed by atoms with Gasteiger partial charge in [-0.3, -0.25) is 4.79 Å². The highest BCUT2D eigenvalue weighted by Gasteiger charge is 2.24. The fourth-order valence-electron chi connectivity index (χ4n) is 4.10. The minimum Gasteiger partial charge on any atom is -0.353 e. The van der Waals surface area contributed by atoms with Gasteiger partial charge in [0.2, 0.25) is 5.91 Å². The molecule has 0 bridgehead atoms. The van der Waals surface area contributed by atoms with Crippen molar-refractivity contribution in [1.82, 2.24) is 10.2 Å². The molecule has 1 heterocycles. The van der Waals surface area contributed by atoms with Crippen LogP contribution < -0.4 is 10.6 Å². The maximum absolute atomic E-state index is 12.5. The number of piperidine rings is 1. The van der Waals surface area contributed by atoms with E-state index < -0.39 is 0 Å². The molecule has 1 aromatic rings. The lowest BCUT2D eigenvalue weighted by Gasteiger charge is -2.33. The van der Waals surface area contributed by atoms with Crippen LogP contribution in [0.1, 0.15) is 57.8 Å². The number of nitrogens with one attached hydrogen (secondary N) is 2. The molecule has 5 nitrogen and oxygen atoms in total. The van der Waals surface area contributed by atoms with Crippen LogP contribution in [-0.2, 0) is 4.79 Å². The summed E-state index contributed by atoms with van der Waals surface area (Å²) < 4.78 is 0. The van der Waals surface area contributed by atoms with Crippen LogP contribution >= 0.6 is 11.6 Å². The van der Waals surface area contributed by atoms with Gasteiger partial charge in [0.25, 0.3) is 0 Å². The average Bonchev–Trinajstić information content (AvgIpc) is 2.69. The smallest absolute Gasteiger partial charge is 0.321 e. The number of urea groups is 1. The third-order valence-corrected chi connectivity index (χ3v) is 5.90. The maximum atomic E-state index is 12.5. The molecule has 0 aromatic heterocycles. The molecule has 1 saturated heterocycles. The largest absolute Gasteiger partial charge is 0.353 e. The number of carbonyl (C=O) groups is 2. The van der Waals surface area contributed by atoms with Gasteiger partial charge in [-0.15, -0.1) is 0 Å². The van der Waals surface area contributed by atoms with E-state index in [4.69, 9.17) is 11.6 Å². The van der Waals surface area contributed by atoms with Crippen molar-refractivity contribution in [3.63, 3.8) is 0 Å². The van der Waals surface area contributed by atoms with Crippen LogP contribution in [0.5, 0.6) is 0 Å². The summed E-state index contributed by atoms with van der Waals surface area (Å²) in [5.74, 6) is 0.566. The molecule has 6 heteroatoms. The van der Waals surface area contributed by atoms with E-state index in [1.807, 2.05) is 4.90 Å². The summed E-state index contributed by atoms with van der Waals surface area (Å²) in [5.41, 5.74) is 0.749. The third-order valence-electron chi connectivity index (χ3n) is 5.65. The van der Waals surface area contributed by atoms with Gasteiger partial charge < -0.3 is 15.5 Å². The average molecular weight is 392 g/mol. The maximum Gasteiger partial charge on any atom is 0.321 e. The van der Waals surface area contributed by atoms with E-state index in [2.05, 4.69) is 10.6 Å². The van der Waals surface area contributed by atoms with Gasteiger partial charge in [0.15, 0.2) is 0 Å². The van der Waals surface area contributed by atoms with E-state index in [9.17, 15) is 9.59 Å². The highest BCUT2D eigenvalue weighted by Crippen LogP contribution is 2.23. The Balaban J connectivity index is 1.41. The lowest BCUT2D eigenvalue weighted by atomic mass is 9.92. The normalized spacial score (nSPS) is 20.9. The Morgan fingerprint density at radius 3 is 2.52 bits per heavy atom. The van der Waals surface area contributed by atoms with Crippen molar-refractivity contribution >= 4 is 29.2 Å². The Morgan fingerprint density at radius 2 is 1.78 bits per heavy atom. The number of anilines is 1. The van der Waals surface area contributed by atoms with Crippen LogP contribution in [-0.4, -0.2) is 36.0 Å². The van der Waals surface area contributed by atoms with Crippen LogP contribution in [0.25, 0.3) is 0 Å². The van der Waals surface area contributed by atoms with Crippen LogP contribution in [0.15, 0.2) is 24.3 Å². The minimum atomic E-state index is -0.0753. The molecular formula is C21H30ClN3O2. The van der Waals surface area contributed by atoms with Crippen LogP contribution in [0.2, 0.25) is 5.02 Å². The van der Waals surface area contributed by atoms with Crippen molar-refractivity contribution in [3.05, 3.63) is 29.3 Å². The van der Waals surface area contributed by atoms with Crippen molar-refractivity contribution in [1.29, 1.82) is 0 Å². The number of likely N-dealkylation sites (tertiary alicyclic amines) is 1. The van der Waals surface area contributed by atoms with Crippen molar-refractivity contribution in [3.8, 4) is 0 Å². The van der Waals surface area contributed by atoms with Crippen molar-refractivity contribution < 1.29 is 9.59 Å². The van der Waals surface area contributed by atoms with E-state index in [0.29, 0.717) is 23.4 Å². The zero-order valence-corrected chi connectivity index (χ0v) is 16.6. The molecule has 3 amide bonds. The number of hydrogen-bond donors (Lipinski definition) is 2. The Hall–Kier alpha value is -1.75. The van der Waals surface area contributed by atoms with Crippen LogP contribution in [0, 0.1) is 5.92 Å². The Labute approximate surface area is 166 Å². The van der Waals surface area contributed by atoms with Gasteiger partial charge in [0.1, 0.15) is 0 Å². The van der Waals surface area contributed by atoms with Gasteiger partial charge >= 0.3 is 6.03 Å². The first-order chi connectivity index (χ1) is 13.1. The summed E-state index contributed by atoms with van der Waals surface area (Å²) in [6, 6.07) is 7.43. The molecule has 3 rings (SSSR count). The molecule has 1 aliphatic carbocycles. The molecule has 2 N–H and O–H groups in total. The number of rotatable bonds is 5. The monoisotopic (exact) mass is 391 g/mol. The number of nitrogens with zero attached hydrogens (tertiary/aromatic N) is 1. The number of benzene rings is 1. The lowest BCUT2D eigenvalue weighted by Crippen LogP contribution is -2.42. The zero-order chi connectivity index (χ0) is 19.1. The predicted molar refractivity (Wildman–Crippen MR) is 109 cm³/mol. The fourth-order valence-corrected chi connectivity index (χ4v) is 4.23. The van der Waals surface area contributed by atoms with Crippen molar-refractivity contribution in [2.24, 2.45) is 5.92 Å². The van der Waals surface area contributed by atoms with E-state index in [0.717, 1.165) is 50.9 Å². The molecule has 1 aliphatic heterocycles. The molecule has 1 unspecified atom stereocenters. The Kier molecular flexibility index (Phi) is 7.39. The first kappa shape index (κ1) is 20.0. The second-order valence-electron chi connectivity index (χ2n) is 7.83. The lowest BCUT2D eigenvalue weighted by molar-refractivity contribution is -0.122. The van der Waals surface area contributed by atoms with Gasteiger partial charge in [0.05, 0.1) is 0 Å². The quantitative estimate of drug-likeness (QED) is 0.756. The van der Waals surface area contributed by atoms with Gasteiger partial charge in [-0.1, -0.05) is 30.9 Å². The molecule has 27 heavy (non-hydrogen) atoms. The van der Waals surface area contributed by atoms with E-state index in [1.54, 1.807) is 24.3 Å². The fraction of sp³-hybridized carbons (Fsp3) is 0.619. The number of carbonyl (C=O) groups excluding carboxylic acids is 2. The topological polar surface area (TPSA) is 61.4 Å². The second kappa shape index (κ2) is 9.98. The van der Waals surface area contributed by atoms with Gasteiger partial charge in [0, 0.05) is 36.3 Å². The van der Waals surface area contributed by atoms with Gasteiger partial charge in [-0.25, -0.2) is 4.79 Å². The number of amides is 3. The third kappa shape index (κ3) is 6.42. The predicted octanol–water partition coefficient (Wildman–Crippen LogP) is 4.81. The second-order valence-corrected chi connectivity index (χ2v) is 8.27. The summed E-state index contributed by atoms with van der Waals surface area (Å²) in [7, 11) is 0. The summed E-state index contributed by atoms with van der Waals surface area (Å²) >= 11 is 5.88. The minimum absolute atomic E-state index is 0.0753. The molecule has 0 radical (unpaired) electrons. The van der Waals surface area contributed by atoms with E-state index in [1.165, 1.54) is 19.3 Å². The van der Waals surface area contributed by atoms with Gasteiger partial charge in [-0.2, -0.15) is 0 Å². The van der Waals surface area contributed by atoms with Crippen LogP contribution in [0.4, 0.5) is 10.5 Å². The molecule has 2 aliphatic rings. The molecule has 0 spiro atoms. The molecule has 1 saturated carbocycles. The van der Waals surface area contributed by atoms with Crippen molar-refractivity contribution in [2.75, 3.05) is 18.4 Å². The zero-order valence-electron chi connectivity index (χ0n) is 15.9. The Bertz CT molecular complexity index is 629. The first-order valence-corrected chi connectivity index (χ1v) is 10.6. The highest BCUT2D eigenvalue weighted by molar-refractivity contribution is 6.30. The van der Waals surface area contributed by atoms with Gasteiger partial charge in [-0.05, 0) is 62.3 Å². The van der Waals surface area contributed by atoms with E-state index >= 15 is 0 Å². The summed E-state index contributed by atoms with van der Waals surface area (Å²) in [6.45, 7) is 1.49. The van der Waals surface area contributed by atoms with Crippen LogP contribution in [0.3, 0.4) is 0 Å². The summed E-state index contributed by atoms with van der Waals surface area (Å²) in [5, 5.41) is 6.77. The Morgan fingerprint density at radius 1 is 1.04 bits per heavy atom.